The lowest BCUT2D eigenvalue weighted by Gasteiger charge is -2.28. The van der Waals surface area contributed by atoms with Gasteiger partial charge in [0.1, 0.15) is 0 Å². The molecule has 0 radical (unpaired) electrons. The Kier molecular flexibility index (Phi) is 7.86. The van der Waals surface area contributed by atoms with Crippen LogP contribution in [0.15, 0.2) is 36.7 Å². The Hall–Kier alpha value is -1.70. The molecule has 0 amide bonds. The molecule has 0 saturated heterocycles. The van der Waals surface area contributed by atoms with E-state index in [1.54, 1.807) is 0 Å². The molecule has 3 rings (SSSR count). The molecular weight excluding hydrogens is 328 g/mol. The predicted molar refractivity (Wildman–Crippen MR) is 115 cm³/mol. The molecule has 0 spiro atoms. The Morgan fingerprint density at radius 1 is 0.815 bits per heavy atom. The average molecular weight is 365 g/mol. The summed E-state index contributed by atoms with van der Waals surface area (Å²) in [6, 6.07) is 8.63. The quantitative estimate of drug-likeness (QED) is 0.435. The van der Waals surface area contributed by atoms with E-state index < -0.39 is 0 Å². The van der Waals surface area contributed by atoms with Crippen molar-refractivity contribution in [2.24, 2.45) is 5.92 Å². The first kappa shape index (κ1) is 20.0. The van der Waals surface area contributed by atoms with Crippen LogP contribution in [0.2, 0.25) is 0 Å². The van der Waals surface area contributed by atoms with Crippen LogP contribution in [0.5, 0.6) is 0 Å². The number of unbranched alkanes of at least 4 members (excludes halogenated alkanes) is 4. The van der Waals surface area contributed by atoms with Crippen molar-refractivity contribution < 1.29 is 0 Å². The molecule has 0 unspecified atom stereocenters. The summed E-state index contributed by atoms with van der Waals surface area (Å²) in [7, 11) is 0. The average Bonchev–Trinajstić information content (AvgIpc) is 2.74. The fourth-order valence-electron chi connectivity index (χ4n) is 4.41. The van der Waals surface area contributed by atoms with E-state index >= 15 is 0 Å². The van der Waals surface area contributed by atoms with E-state index in [9.17, 15) is 0 Å². The number of nitrogens with zero attached hydrogens (tertiary/aromatic N) is 2. The zero-order valence-corrected chi connectivity index (χ0v) is 17.3. The van der Waals surface area contributed by atoms with Gasteiger partial charge in [-0.1, -0.05) is 76.6 Å². The van der Waals surface area contributed by atoms with E-state index in [2.05, 4.69) is 60.5 Å². The Labute approximate surface area is 165 Å². The Morgan fingerprint density at radius 2 is 1.48 bits per heavy atom. The number of benzene rings is 1. The number of hydrogen-bond acceptors (Lipinski definition) is 2. The molecule has 2 nitrogen and oxygen atoms in total. The summed E-state index contributed by atoms with van der Waals surface area (Å²) in [4.78, 5) is 9.33. The largest absolute Gasteiger partial charge is 0.236 e. The lowest BCUT2D eigenvalue weighted by Crippen LogP contribution is -2.14. The van der Waals surface area contributed by atoms with Crippen LogP contribution in [0.25, 0.3) is 11.4 Å². The normalized spacial score (nSPS) is 19.9. The van der Waals surface area contributed by atoms with Gasteiger partial charge in [0.05, 0.1) is 0 Å². The van der Waals surface area contributed by atoms with Gasteiger partial charge in [0, 0.05) is 18.0 Å². The first-order chi connectivity index (χ1) is 13.3. The second-order valence-electron chi connectivity index (χ2n) is 8.31. The van der Waals surface area contributed by atoms with Crippen molar-refractivity contribution in [2.45, 2.75) is 90.4 Å². The summed E-state index contributed by atoms with van der Waals surface area (Å²) in [5.41, 5.74) is 3.81. The van der Waals surface area contributed by atoms with E-state index in [4.69, 9.17) is 0 Å². The summed E-state index contributed by atoms with van der Waals surface area (Å²) >= 11 is 0. The first-order valence-corrected chi connectivity index (χ1v) is 11.2. The van der Waals surface area contributed by atoms with Gasteiger partial charge in [-0.2, -0.15) is 0 Å². The summed E-state index contributed by atoms with van der Waals surface area (Å²) in [5, 5.41) is 0. The minimum Gasteiger partial charge on any atom is -0.236 e. The van der Waals surface area contributed by atoms with Crippen LogP contribution in [0.4, 0.5) is 0 Å². The monoisotopic (exact) mass is 364 g/mol. The predicted octanol–water partition coefficient (Wildman–Crippen LogP) is 7.34. The summed E-state index contributed by atoms with van der Waals surface area (Å²) in [6.45, 7) is 4.47. The molecular formula is C25H36N2. The molecule has 0 N–H and O–H groups in total. The smallest absolute Gasteiger partial charge is 0.159 e. The van der Waals surface area contributed by atoms with Crippen LogP contribution in [0.3, 0.4) is 0 Å². The van der Waals surface area contributed by atoms with Crippen molar-refractivity contribution in [1.82, 2.24) is 9.97 Å². The van der Waals surface area contributed by atoms with Gasteiger partial charge in [0.15, 0.2) is 5.82 Å². The number of aryl methyl sites for hydroxylation is 1. The Balaban J connectivity index is 1.47. The van der Waals surface area contributed by atoms with Crippen molar-refractivity contribution in [2.75, 3.05) is 0 Å². The molecule has 1 fully saturated rings. The van der Waals surface area contributed by atoms with E-state index in [1.807, 2.05) is 0 Å². The molecule has 1 aromatic carbocycles. The van der Waals surface area contributed by atoms with Gasteiger partial charge in [-0.05, 0) is 55.1 Å². The maximum Gasteiger partial charge on any atom is 0.159 e. The zero-order valence-electron chi connectivity index (χ0n) is 17.3. The fraction of sp³-hybridized carbons (Fsp3) is 0.600. The van der Waals surface area contributed by atoms with E-state index in [-0.39, 0.29) is 0 Å². The van der Waals surface area contributed by atoms with E-state index in [1.165, 1.54) is 75.3 Å². The van der Waals surface area contributed by atoms with Gasteiger partial charge < -0.3 is 0 Å². The molecule has 27 heavy (non-hydrogen) atoms. The SMILES string of the molecule is CCCCCCC[C@H]1CC[C@H](c2cnc(-c3ccc(CC)cc3)nc2)CC1. The van der Waals surface area contributed by atoms with Gasteiger partial charge >= 0.3 is 0 Å². The van der Waals surface area contributed by atoms with Crippen LogP contribution in [-0.4, -0.2) is 9.97 Å². The molecule has 2 aromatic rings. The van der Waals surface area contributed by atoms with Gasteiger partial charge in [-0.3, -0.25) is 0 Å². The van der Waals surface area contributed by atoms with Crippen LogP contribution in [0, 0.1) is 5.92 Å². The molecule has 0 atom stereocenters. The van der Waals surface area contributed by atoms with Crippen LogP contribution in [0.1, 0.15) is 95.1 Å². The minimum absolute atomic E-state index is 0.665. The molecule has 1 heterocycles. The highest BCUT2D eigenvalue weighted by Gasteiger charge is 2.22. The van der Waals surface area contributed by atoms with Crippen LogP contribution >= 0.6 is 0 Å². The standard InChI is InChI=1S/C25H36N2/c1-3-5-6-7-8-9-21-12-14-22(15-13-21)24-18-26-25(27-19-24)23-16-10-20(4-2)11-17-23/h10-11,16-19,21-22H,3-9,12-15H2,1-2H3/t21-,22-. The molecule has 1 aliphatic carbocycles. The topological polar surface area (TPSA) is 25.8 Å². The highest BCUT2D eigenvalue weighted by atomic mass is 14.9. The third-order valence-electron chi connectivity index (χ3n) is 6.33. The van der Waals surface area contributed by atoms with Gasteiger partial charge in [0.2, 0.25) is 0 Å². The number of rotatable bonds is 9. The number of hydrogen-bond donors (Lipinski definition) is 0. The molecule has 0 bridgehead atoms. The third-order valence-corrected chi connectivity index (χ3v) is 6.33. The Bertz CT molecular complexity index is 652. The van der Waals surface area contributed by atoms with Crippen molar-refractivity contribution in [3.63, 3.8) is 0 Å². The van der Waals surface area contributed by atoms with Crippen LogP contribution < -0.4 is 0 Å². The highest BCUT2D eigenvalue weighted by Crippen LogP contribution is 2.37. The second kappa shape index (κ2) is 10.6. The maximum absolute atomic E-state index is 4.67. The van der Waals surface area contributed by atoms with Gasteiger partial charge in [0.25, 0.3) is 0 Å². The third kappa shape index (κ3) is 5.89. The fourth-order valence-corrected chi connectivity index (χ4v) is 4.41. The van der Waals surface area contributed by atoms with E-state index in [0.29, 0.717) is 5.92 Å². The van der Waals surface area contributed by atoms with Crippen molar-refractivity contribution in [1.29, 1.82) is 0 Å². The van der Waals surface area contributed by atoms with Gasteiger partial charge in [-0.25, -0.2) is 9.97 Å². The minimum atomic E-state index is 0.665. The van der Waals surface area contributed by atoms with Crippen molar-refractivity contribution >= 4 is 0 Å². The zero-order chi connectivity index (χ0) is 18.9. The molecule has 2 heteroatoms. The van der Waals surface area contributed by atoms with Gasteiger partial charge in [-0.15, -0.1) is 0 Å². The molecule has 1 saturated carbocycles. The van der Waals surface area contributed by atoms with Crippen molar-refractivity contribution in [3.8, 4) is 11.4 Å². The second-order valence-corrected chi connectivity index (χ2v) is 8.31. The molecule has 1 aliphatic rings. The van der Waals surface area contributed by atoms with Crippen molar-refractivity contribution in [3.05, 3.63) is 47.8 Å². The Morgan fingerprint density at radius 3 is 2.11 bits per heavy atom. The lowest BCUT2D eigenvalue weighted by atomic mass is 9.77. The highest BCUT2D eigenvalue weighted by molar-refractivity contribution is 5.55. The van der Waals surface area contributed by atoms with Crippen LogP contribution in [-0.2, 0) is 6.42 Å². The maximum atomic E-state index is 4.67. The molecule has 0 aliphatic heterocycles. The molecule has 1 aromatic heterocycles. The lowest BCUT2D eigenvalue weighted by molar-refractivity contribution is 0.301. The summed E-state index contributed by atoms with van der Waals surface area (Å²) in [5.74, 6) is 2.47. The molecule has 146 valence electrons. The first-order valence-electron chi connectivity index (χ1n) is 11.2. The number of aromatic nitrogens is 2. The summed E-state index contributed by atoms with van der Waals surface area (Å²) in [6.07, 6.45) is 19.1. The van der Waals surface area contributed by atoms with E-state index in [0.717, 1.165) is 23.7 Å². The summed E-state index contributed by atoms with van der Waals surface area (Å²) < 4.78 is 0.